The van der Waals surface area contributed by atoms with Crippen LogP contribution >= 0.6 is 0 Å². The van der Waals surface area contributed by atoms with Crippen molar-refractivity contribution in [3.05, 3.63) is 71.6 Å². The van der Waals surface area contributed by atoms with Gasteiger partial charge in [0.1, 0.15) is 0 Å². The van der Waals surface area contributed by atoms with Gasteiger partial charge in [-0.05, 0) is 62.2 Å². The van der Waals surface area contributed by atoms with Crippen LogP contribution in [0.15, 0.2) is 54.7 Å². The van der Waals surface area contributed by atoms with Crippen molar-refractivity contribution in [2.75, 3.05) is 7.11 Å². The molecule has 0 radical (unpaired) electrons. The lowest BCUT2D eigenvalue weighted by atomic mass is 10.1. The number of nitrogens with two attached hydrogens (primary N) is 1. The summed E-state index contributed by atoms with van der Waals surface area (Å²) in [6, 6.07) is 12.7. The topological polar surface area (TPSA) is 121 Å². The van der Waals surface area contributed by atoms with E-state index < -0.39 is 5.91 Å². The van der Waals surface area contributed by atoms with Gasteiger partial charge in [-0.2, -0.15) is 0 Å². The quantitative estimate of drug-likeness (QED) is 0.484. The summed E-state index contributed by atoms with van der Waals surface area (Å²) < 4.78 is 12.5. The standard InChI is InChI=1S/C24H27N5O4/c1-15(2)33-21-11-5-17(13-22(21)32-4)6-12-23(30)26-16(3)18-7-9-19(10-8-18)29-14-20(24(25)31)27-28-29/h5-16H,1-4H3,(H2,25,31)(H,26,30). The number of nitrogens with one attached hydrogen (secondary N) is 1. The molecule has 3 rings (SSSR count). The number of aromatic nitrogens is 3. The van der Waals surface area contributed by atoms with Crippen LogP contribution in [-0.4, -0.2) is 40.0 Å². The molecule has 2 amide bonds. The molecule has 0 spiro atoms. The van der Waals surface area contributed by atoms with Crippen LogP contribution in [0, 0.1) is 0 Å². The van der Waals surface area contributed by atoms with Gasteiger partial charge in [0, 0.05) is 6.08 Å². The number of ether oxygens (including phenoxy) is 2. The molecule has 0 fully saturated rings. The molecule has 9 nitrogen and oxygen atoms in total. The second-order valence-corrected chi connectivity index (χ2v) is 7.64. The number of methoxy groups -OCH3 is 1. The van der Waals surface area contributed by atoms with Crippen LogP contribution in [-0.2, 0) is 4.79 Å². The summed E-state index contributed by atoms with van der Waals surface area (Å²) in [5.74, 6) is 0.397. The van der Waals surface area contributed by atoms with E-state index in [4.69, 9.17) is 15.2 Å². The first-order valence-corrected chi connectivity index (χ1v) is 10.4. The summed E-state index contributed by atoms with van der Waals surface area (Å²) in [6.45, 7) is 5.78. The smallest absolute Gasteiger partial charge is 0.270 e. The number of hydrogen-bond acceptors (Lipinski definition) is 6. The highest BCUT2D eigenvalue weighted by atomic mass is 16.5. The first-order valence-electron chi connectivity index (χ1n) is 10.4. The molecule has 1 aromatic heterocycles. The Morgan fingerprint density at radius 2 is 1.82 bits per heavy atom. The lowest BCUT2D eigenvalue weighted by Gasteiger charge is -2.14. The van der Waals surface area contributed by atoms with Crippen molar-refractivity contribution in [2.45, 2.75) is 32.9 Å². The lowest BCUT2D eigenvalue weighted by Crippen LogP contribution is -2.24. The second kappa shape index (κ2) is 10.4. The van der Waals surface area contributed by atoms with Crippen molar-refractivity contribution in [2.24, 2.45) is 5.73 Å². The fraction of sp³-hybridized carbons (Fsp3) is 0.250. The number of nitrogens with zero attached hydrogens (tertiary/aromatic N) is 3. The van der Waals surface area contributed by atoms with E-state index in [1.807, 2.05) is 63.2 Å². The zero-order chi connectivity index (χ0) is 24.0. The molecule has 3 N–H and O–H groups in total. The Hall–Kier alpha value is -4.14. The molecular formula is C24H27N5O4. The fourth-order valence-corrected chi connectivity index (χ4v) is 3.07. The number of carbonyl (C=O) groups excluding carboxylic acids is 2. The zero-order valence-corrected chi connectivity index (χ0v) is 19.0. The fourth-order valence-electron chi connectivity index (χ4n) is 3.07. The zero-order valence-electron chi connectivity index (χ0n) is 19.0. The minimum Gasteiger partial charge on any atom is -0.493 e. The Morgan fingerprint density at radius 1 is 1.09 bits per heavy atom. The van der Waals surface area contributed by atoms with Crippen LogP contribution in [0.25, 0.3) is 11.8 Å². The average molecular weight is 450 g/mol. The molecular weight excluding hydrogens is 422 g/mol. The summed E-state index contributed by atoms with van der Waals surface area (Å²) in [7, 11) is 1.58. The third kappa shape index (κ3) is 6.19. The molecule has 0 bridgehead atoms. The lowest BCUT2D eigenvalue weighted by molar-refractivity contribution is -0.117. The van der Waals surface area contributed by atoms with Crippen LogP contribution in [0.1, 0.15) is 48.4 Å². The van der Waals surface area contributed by atoms with E-state index in [0.29, 0.717) is 11.5 Å². The van der Waals surface area contributed by atoms with Gasteiger partial charge in [-0.3, -0.25) is 9.59 Å². The van der Waals surface area contributed by atoms with E-state index >= 15 is 0 Å². The largest absolute Gasteiger partial charge is 0.493 e. The molecule has 0 aliphatic rings. The Morgan fingerprint density at radius 3 is 2.42 bits per heavy atom. The molecule has 33 heavy (non-hydrogen) atoms. The first kappa shape index (κ1) is 23.5. The minimum absolute atomic E-state index is 0.0328. The first-order chi connectivity index (χ1) is 15.8. The number of benzene rings is 2. The van der Waals surface area contributed by atoms with Crippen LogP contribution in [0.3, 0.4) is 0 Å². The van der Waals surface area contributed by atoms with E-state index in [0.717, 1.165) is 16.8 Å². The van der Waals surface area contributed by atoms with Crippen LogP contribution in [0.2, 0.25) is 0 Å². The Kier molecular flexibility index (Phi) is 7.45. The molecule has 0 saturated carbocycles. The average Bonchev–Trinajstić information content (AvgIpc) is 3.29. The van der Waals surface area contributed by atoms with Crippen molar-refractivity contribution in [1.82, 2.24) is 20.3 Å². The minimum atomic E-state index is -0.638. The van der Waals surface area contributed by atoms with Gasteiger partial charge in [0.2, 0.25) is 5.91 Å². The van der Waals surface area contributed by atoms with Crippen molar-refractivity contribution in [3.8, 4) is 17.2 Å². The molecule has 9 heteroatoms. The third-order valence-electron chi connectivity index (χ3n) is 4.74. The van der Waals surface area contributed by atoms with E-state index in [1.54, 1.807) is 13.2 Å². The van der Waals surface area contributed by atoms with Gasteiger partial charge >= 0.3 is 0 Å². The number of hydrogen-bond donors (Lipinski definition) is 2. The summed E-state index contributed by atoms with van der Waals surface area (Å²) in [5, 5.41) is 10.5. The monoisotopic (exact) mass is 449 g/mol. The maximum Gasteiger partial charge on any atom is 0.270 e. The molecule has 3 aromatic rings. The van der Waals surface area contributed by atoms with Crippen molar-refractivity contribution in [3.63, 3.8) is 0 Å². The van der Waals surface area contributed by atoms with Gasteiger partial charge in [0.25, 0.3) is 5.91 Å². The highest BCUT2D eigenvalue weighted by Crippen LogP contribution is 2.29. The maximum absolute atomic E-state index is 12.4. The number of rotatable bonds is 9. The summed E-state index contributed by atoms with van der Waals surface area (Å²) >= 11 is 0. The van der Waals surface area contributed by atoms with Gasteiger partial charge in [-0.15, -0.1) is 5.10 Å². The maximum atomic E-state index is 12.4. The van der Waals surface area contributed by atoms with Gasteiger partial charge in [0.05, 0.1) is 31.1 Å². The van der Waals surface area contributed by atoms with Crippen LogP contribution < -0.4 is 20.5 Å². The van der Waals surface area contributed by atoms with Crippen LogP contribution in [0.4, 0.5) is 0 Å². The number of carbonyl (C=O) groups is 2. The predicted molar refractivity (Wildman–Crippen MR) is 124 cm³/mol. The molecule has 1 atom stereocenters. The third-order valence-corrected chi connectivity index (χ3v) is 4.74. The van der Waals surface area contributed by atoms with Crippen molar-refractivity contribution >= 4 is 17.9 Å². The summed E-state index contributed by atoms with van der Waals surface area (Å²) in [4.78, 5) is 23.6. The summed E-state index contributed by atoms with van der Waals surface area (Å²) in [5.41, 5.74) is 7.74. The predicted octanol–water partition coefficient (Wildman–Crippen LogP) is 3.05. The van der Waals surface area contributed by atoms with Crippen molar-refractivity contribution < 1.29 is 19.1 Å². The molecule has 0 aliphatic carbocycles. The Bertz CT molecular complexity index is 1150. The van der Waals surface area contributed by atoms with Gasteiger partial charge in [-0.25, -0.2) is 4.68 Å². The highest BCUT2D eigenvalue weighted by molar-refractivity contribution is 5.92. The van der Waals surface area contributed by atoms with E-state index in [2.05, 4.69) is 15.6 Å². The van der Waals surface area contributed by atoms with Gasteiger partial charge < -0.3 is 20.5 Å². The van der Waals surface area contributed by atoms with Gasteiger partial charge in [-0.1, -0.05) is 23.4 Å². The highest BCUT2D eigenvalue weighted by Gasteiger charge is 2.11. The molecule has 0 aliphatic heterocycles. The molecule has 1 heterocycles. The SMILES string of the molecule is COc1cc(C=CC(=O)NC(C)c2ccc(-n3cc(C(N)=O)nn3)cc2)ccc1OC(C)C. The number of primary amides is 1. The second-order valence-electron chi connectivity index (χ2n) is 7.64. The Labute approximate surface area is 192 Å². The normalized spacial score (nSPS) is 12.0. The Balaban J connectivity index is 1.62. The number of amides is 2. The molecule has 1 unspecified atom stereocenters. The molecule has 0 saturated heterocycles. The van der Waals surface area contributed by atoms with E-state index in [9.17, 15) is 9.59 Å². The van der Waals surface area contributed by atoms with Crippen molar-refractivity contribution in [1.29, 1.82) is 0 Å². The van der Waals surface area contributed by atoms with E-state index in [1.165, 1.54) is 17.0 Å². The van der Waals surface area contributed by atoms with Gasteiger partial charge in [0.15, 0.2) is 17.2 Å². The molecule has 172 valence electrons. The summed E-state index contributed by atoms with van der Waals surface area (Å²) in [6.07, 6.45) is 4.69. The van der Waals surface area contributed by atoms with E-state index in [-0.39, 0.29) is 23.7 Å². The van der Waals surface area contributed by atoms with Crippen LogP contribution in [0.5, 0.6) is 11.5 Å². The molecule has 2 aromatic carbocycles.